The minimum Gasteiger partial charge on any atom is -0.344 e. The predicted molar refractivity (Wildman–Crippen MR) is 164 cm³/mol. The number of allylic oxidation sites excluding steroid dienone is 7. The summed E-state index contributed by atoms with van der Waals surface area (Å²) in [7, 11) is 0. The lowest BCUT2D eigenvalue weighted by atomic mass is 10.1. The molecule has 1 heterocycles. The molecule has 0 radical (unpaired) electrons. The molecule has 0 saturated heterocycles. The van der Waals surface area contributed by atoms with Crippen molar-refractivity contribution in [2.75, 3.05) is 10.6 Å². The van der Waals surface area contributed by atoms with Gasteiger partial charge in [-0.05, 0) is 75.1 Å². The maximum Gasteiger partial charge on any atom is 0.275 e. The molecule has 0 fully saturated rings. The number of aliphatic imine (C=N–C) groups is 1. The second-order valence-electron chi connectivity index (χ2n) is 8.78. The average Bonchev–Trinajstić information content (AvgIpc) is 3.28. The molecule has 1 amide bonds. The van der Waals surface area contributed by atoms with Crippen LogP contribution in [0.2, 0.25) is 0 Å². The molecule has 3 aromatic rings. The summed E-state index contributed by atoms with van der Waals surface area (Å²) in [6.07, 6.45) is 11.1. The van der Waals surface area contributed by atoms with E-state index in [0.717, 1.165) is 37.8 Å². The van der Waals surface area contributed by atoms with E-state index in [4.69, 9.17) is 0 Å². The number of carbonyl (C=O) groups is 1. The molecule has 38 heavy (non-hydrogen) atoms. The lowest BCUT2D eigenvalue weighted by Crippen LogP contribution is -2.14. The van der Waals surface area contributed by atoms with Gasteiger partial charge in [0.05, 0.1) is 9.88 Å². The zero-order valence-electron chi connectivity index (χ0n) is 22.6. The molecule has 0 bridgehead atoms. The lowest BCUT2D eigenvalue weighted by molar-refractivity contribution is 0.102. The highest BCUT2D eigenvalue weighted by atomic mass is 32.1. The van der Waals surface area contributed by atoms with Crippen molar-refractivity contribution in [3.63, 3.8) is 0 Å². The van der Waals surface area contributed by atoms with Gasteiger partial charge in [-0.2, -0.15) is 0 Å². The second-order valence-corrected chi connectivity index (χ2v) is 9.98. The van der Waals surface area contributed by atoms with Crippen LogP contribution in [-0.2, 0) is 0 Å². The highest BCUT2D eigenvalue weighted by Crippen LogP contribution is 2.31. The molecule has 1 aromatic heterocycles. The van der Waals surface area contributed by atoms with Crippen molar-refractivity contribution in [3.05, 3.63) is 125 Å². The molecule has 0 saturated carbocycles. The minimum atomic E-state index is -0.239. The highest BCUT2D eigenvalue weighted by Gasteiger charge is 2.19. The molecule has 6 heteroatoms. The van der Waals surface area contributed by atoms with Gasteiger partial charge in [-0.25, -0.2) is 9.98 Å². The van der Waals surface area contributed by atoms with Gasteiger partial charge in [-0.3, -0.25) is 4.79 Å². The van der Waals surface area contributed by atoms with E-state index in [0.29, 0.717) is 17.2 Å². The lowest BCUT2D eigenvalue weighted by Gasteiger charge is -2.12. The fourth-order valence-corrected chi connectivity index (χ4v) is 4.55. The summed E-state index contributed by atoms with van der Waals surface area (Å²) in [6.45, 7) is 17.6. The molecule has 2 N–H and O–H groups in total. The second kappa shape index (κ2) is 13.3. The molecule has 0 aliphatic heterocycles. The Kier molecular flexibility index (Phi) is 9.91. The summed E-state index contributed by atoms with van der Waals surface area (Å²) in [4.78, 5) is 23.1. The van der Waals surface area contributed by atoms with Gasteiger partial charge < -0.3 is 10.6 Å². The van der Waals surface area contributed by atoms with E-state index in [9.17, 15) is 4.79 Å². The van der Waals surface area contributed by atoms with Crippen LogP contribution in [0.3, 0.4) is 0 Å². The highest BCUT2D eigenvalue weighted by molar-refractivity contribution is 7.15. The topological polar surface area (TPSA) is 66.4 Å². The first-order valence-corrected chi connectivity index (χ1v) is 13.1. The molecule has 0 unspecified atom stereocenters. The van der Waals surface area contributed by atoms with Gasteiger partial charge in [0.1, 0.15) is 11.5 Å². The summed E-state index contributed by atoms with van der Waals surface area (Å²) in [6, 6.07) is 13.9. The normalized spacial score (nSPS) is 12.2. The largest absolute Gasteiger partial charge is 0.344 e. The van der Waals surface area contributed by atoms with E-state index in [-0.39, 0.29) is 5.91 Å². The Hall–Kier alpha value is -4.29. The zero-order chi connectivity index (χ0) is 27.7. The van der Waals surface area contributed by atoms with Crippen LogP contribution < -0.4 is 10.6 Å². The van der Waals surface area contributed by atoms with Gasteiger partial charge in [0, 0.05) is 17.6 Å². The predicted octanol–water partition coefficient (Wildman–Crippen LogP) is 8.58. The van der Waals surface area contributed by atoms with E-state index in [2.05, 4.69) is 33.8 Å². The van der Waals surface area contributed by atoms with Gasteiger partial charge >= 0.3 is 0 Å². The average molecular weight is 523 g/mol. The molecule has 0 aliphatic rings. The Morgan fingerprint density at radius 1 is 1.05 bits per heavy atom. The number of amidine groups is 1. The number of thiazole rings is 1. The van der Waals surface area contributed by atoms with Gasteiger partial charge in [0.25, 0.3) is 5.91 Å². The number of nitrogens with one attached hydrogen (secondary N) is 2. The third-order valence-corrected chi connectivity index (χ3v) is 6.73. The van der Waals surface area contributed by atoms with Crippen LogP contribution in [0.4, 0.5) is 11.4 Å². The number of benzene rings is 2. The van der Waals surface area contributed by atoms with Crippen molar-refractivity contribution in [2.45, 2.75) is 34.6 Å². The Morgan fingerprint density at radius 2 is 1.79 bits per heavy atom. The first-order chi connectivity index (χ1) is 18.2. The molecule has 5 nitrogen and oxygen atoms in total. The van der Waals surface area contributed by atoms with E-state index < -0.39 is 0 Å². The number of carbonyl (C=O) groups excluding carboxylic acids is 1. The third-order valence-electron chi connectivity index (χ3n) is 5.71. The Labute approximate surface area is 229 Å². The Morgan fingerprint density at radius 3 is 2.47 bits per heavy atom. The zero-order valence-corrected chi connectivity index (χ0v) is 23.4. The summed E-state index contributed by atoms with van der Waals surface area (Å²) in [5, 5.41) is 7.18. The molecule has 0 aliphatic carbocycles. The summed E-state index contributed by atoms with van der Waals surface area (Å²) in [5.41, 5.74) is 6.99. The standard InChI is InChI=1S/C32H34N4OS/c1-8-10-11-26(9-2)22(4)18-19-33-24(6)34-29-20-28(17-14-23(29)5)36-32(37)30-31(38-25(7)35-30)27-15-12-21(3)13-16-27/h8-20H,1,4H2,2-3,5-7H3,(H,33,34)(H,36,37)/b11-10-,19-18-,26-9+. The summed E-state index contributed by atoms with van der Waals surface area (Å²) >= 11 is 1.52. The van der Waals surface area contributed by atoms with Crippen LogP contribution >= 0.6 is 11.3 Å². The Balaban J connectivity index is 1.74. The van der Waals surface area contributed by atoms with E-state index in [1.54, 1.807) is 12.3 Å². The number of aromatic nitrogens is 1. The van der Waals surface area contributed by atoms with Gasteiger partial charge in [-0.1, -0.05) is 73.4 Å². The van der Waals surface area contributed by atoms with Gasteiger partial charge in [0.15, 0.2) is 0 Å². The fourth-order valence-electron chi connectivity index (χ4n) is 3.63. The van der Waals surface area contributed by atoms with Crippen LogP contribution in [0.25, 0.3) is 10.4 Å². The van der Waals surface area contributed by atoms with Crippen LogP contribution in [-0.4, -0.2) is 16.7 Å². The molecule has 2 aromatic carbocycles. The monoisotopic (exact) mass is 522 g/mol. The van der Waals surface area contributed by atoms with Crippen LogP contribution in [0.15, 0.2) is 108 Å². The maximum atomic E-state index is 13.2. The van der Waals surface area contributed by atoms with Crippen LogP contribution in [0.1, 0.15) is 40.5 Å². The van der Waals surface area contributed by atoms with Crippen molar-refractivity contribution in [3.8, 4) is 10.4 Å². The minimum absolute atomic E-state index is 0.239. The number of hydrogen-bond donors (Lipinski definition) is 2. The van der Waals surface area contributed by atoms with Crippen molar-refractivity contribution in [1.29, 1.82) is 0 Å². The molecule has 3 rings (SSSR count). The maximum absolute atomic E-state index is 13.2. The van der Waals surface area contributed by atoms with E-state index >= 15 is 0 Å². The number of aryl methyl sites for hydroxylation is 3. The first-order valence-electron chi connectivity index (χ1n) is 12.3. The third kappa shape index (κ3) is 7.60. The van der Waals surface area contributed by atoms with Gasteiger partial charge in [-0.15, -0.1) is 11.3 Å². The molecular weight excluding hydrogens is 488 g/mol. The number of rotatable bonds is 9. The van der Waals surface area contributed by atoms with Crippen molar-refractivity contribution in [1.82, 2.24) is 4.98 Å². The Bertz CT molecular complexity index is 1450. The van der Waals surface area contributed by atoms with Gasteiger partial charge in [0.2, 0.25) is 0 Å². The van der Waals surface area contributed by atoms with E-state index in [1.165, 1.54) is 16.9 Å². The number of amides is 1. The van der Waals surface area contributed by atoms with E-state index in [1.807, 2.05) is 101 Å². The first kappa shape index (κ1) is 28.3. The van der Waals surface area contributed by atoms with Crippen molar-refractivity contribution >= 4 is 34.5 Å². The number of anilines is 2. The molecule has 0 spiro atoms. The molecule has 0 atom stereocenters. The van der Waals surface area contributed by atoms with Crippen LogP contribution in [0.5, 0.6) is 0 Å². The molecule has 194 valence electrons. The molecular formula is C32H34N4OS. The summed E-state index contributed by atoms with van der Waals surface area (Å²) in [5.74, 6) is 0.470. The van der Waals surface area contributed by atoms with Crippen molar-refractivity contribution in [2.24, 2.45) is 4.99 Å². The quantitative estimate of drug-likeness (QED) is 0.168. The van der Waals surface area contributed by atoms with Crippen molar-refractivity contribution < 1.29 is 4.79 Å². The van der Waals surface area contributed by atoms with Crippen LogP contribution in [0, 0.1) is 20.8 Å². The SMILES string of the molecule is C=C/C=C\C(=C/C)C(=C)/C=C\N=C(/C)Nc1cc(NC(=O)c2nc(C)sc2-c2ccc(C)cc2)ccc1C. The number of nitrogens with zero attached hydrogens (tertiary/aromatic N) is 2. The smallest absolute Gasteiger partial charge is 0.275 e. The summed E-state index contributed by atoms with van der Waals surface area (Å²) < 4.78 is 0. The fraction of sp³-hybridized carbons (Fsp3) is 0.156. The number of hydrogen-bond acceptors (Lipinski definition) is 4.